The van der Waals surface area contributed by atoms with E-state index in [4.69, 9.17) is 24.4 Å². The van der Waals surface area contributed by atoms with Crippen LogP contribution in [0.5, 0.6) is 5.75 Å². The lowest BCUT2D eigenvalue weighted by Gasteiger charge is -2.20. The lowest BCUT2D eigenvalue weighted by atomic mass is 9.98. The lowest BCUT2D eigenvalue weighted by Crippen LogP contribution is -2.32. The average molecular weight is 579 g/mol. The molecule has 0 saturated carbocycles. The normalized spacial score (nSPS) is 11.5. The SMILES string of the molecule is COCc1cc2cc(COc3cc(CN)ccc3CC(=O)O)cc(-c3cccc(CNC(=O)OC(C)(C)C)c3F)c2o1. The molecule has 0 aliphatic carbocycles. The van der Waals surface area contributed by atoms with Gasteiger partial charge in [0.2, 0.25) is 0 Å². The van der Waals surface area contributed by atoms with Crippen LogP contribution in [0.25, 0.3) is 22.1 Å². The second-order valence-corrected chi connectivity index (χ2v) is 10.8. The smallest absolute Gasteiger partial charge is 0.407 e. The van der Waals surface area contributed by atoms with Crippen LogP contribution in [-0.2, 0) is 47.0 Å². The molecule has 4 aromatic rings. The number of ether oxygens (including phenoxy) is 3. The topological polar surface area (TPSA) is 133 Å². The predicted molar refractivity (Wildman–Crippen MR) is 155 cm³/mol. The van der Waals surface area contributed by atoms with Crippen molar-refractivity contribution in [1.82, 2.24) is 5.32 Å². The molecule has 0 fully saturated rings. The molecule has 1 heterocycles. The number of hydrogen-bond acceptors (Lipinski definition) is 7. The van der Waals surface area contributed by atoms with Crippen molar-refractivity contribution in [2.75, 3.05) is 7.11 Å². The maximum absolute atomic E-state index is 15.9. The van der Waals surface area contributed by atoms with Crippen molar-refractivity contribution in [2.45, 2.75) is 59.1 Å². The summed E-state index contributed by atoms with van der Waals surface area (Å²) < 4.78 is 38.6. The number of carboxylic acid groups (broad SMARTS) is 1. The van der Waals surface area contributed by atoms with Gasteiger partial charge < -0.3 is 34.8 Å². The average Bonchev–Trinajstić information content (AvgIpc) is 3.33. The minimum atomic E-state index is -0.982. The number of carbonyl (C=O) groups excluding carboxylic acids is 1. The van der Waals surface area contributed by atoms with Crippen LogP contribution in [-0.4, -0.2) is 29.9 Å². The van der Waals surface area contributed by atoms with Crippen LogP contribution in [0, 0.1) is 5.82 Å². The molecule has 0 saturated heterocycles. The van der Waals surface area contributed by atoms with Gasteiger partial charge in [0.25, 0.3) is 0 Å². The van der Waals surface area contributed by atoms with Gasteiger partial charge in [-0.2, -0.15) is 0 Å². The Kier molecular flexibility index (Phi) is 9.49. The van der Waals surface area contributed by atoms with Crippen molar-refractivity contribution in [3.8, 4) is 16.9 Å². The van der Waals surface area contributed by atoms with E-state index >= 15 is 4.39 Å². The Bertz CT molecular complexity index is 1590. The first-order chi connectivity index (χ1) is 20.0. The number of benzene rings is 3. The third-order valence-corrected chi connectivity index (χ3v) is 6.31. The van der Waals surface area contributed by atoms with Crippen LogP contribution in [0.2, 0.25) is 0 Å². The number of carboxylic acids is 1. The van der Waals surface area contributed by atoms with E-state index in [1.54, 1.807) is 70.3 Å². The van der Waals surface area contributed by atoms with Crippen LogP contribution in [0.4, 0.5) is 9.18 Å². The van der Waals surface area contributed by atoms with E-state index in [-0.39, 0.29) is 43.9 Å². The summed E-state index contributed by atoms with van der Waals surface area (Å²) in [4.78, 5) is 23.5. The summed E-state index contributed by atoms with van der Waals surface area (Å²) in [7, 11) is 1.55. The number of alkyl carbamates (subject to hydrolysis) is 1. The minimum Gasteiger partial charge on any atom is -0.489 e. The highest BCUT2D eigenvalue weighted by Gasteiger charge is 2.20. The Hall–Kier alpha value is -4.41. The van der Waals surface area contributed by atoms with Crippen LogP contribution in [0.3, 0.4) is 0 Å². The summed E-state index contributed by atoms with van der Waals surface area (Å²) >= 11 is 0. The quantitative estimate of drug-likeness (QED) is 0.195. The van der Waals surface area contributed by atoms with Gasteiger partial charge in [-0.15, -0.1) is 0 Å². The van der Waals surface area contributed by atoms with Crippen LogP contribution >= 0.6 is 0 Å². The van der Waals surface area contributed by atoms with Crippen molar-refractivity contribution in [3.63, 3.8) is 0 Å². The van der Waals surface area contributed by atoms with E-state index in [1.807, 2.05) is 12.1 Å². The first-order valence-electron chi connectivity index (χ1n) is 13.4. The van der Waals surface area contributed by atoms with Gasteiger partial charge in [0.15, 0.2) is 0 Å². The Balaban J connectivity index is 1.69. The summed E-state index contributed by atoms with van der Waals surface area (Å²) in [6.07, 6.45) is -0.855. The number of fused-ring (bicyclic) bond motifs is 1. The minimum absolute atomic E-state index is 0.0720. The highest BCUT2D eigenvalue weighted by molar-refractivity contribution is 5.94. The summed E-state index contributed by atoms with van der Waals surface area (Å²) in [5, 5.41) is 12.6. The van der Waals surface area contributed by atoms with Gasteiger partial charge in [0, 0.05) is 47.8 Å². The second kappa shape index (κ2) is 13.1. The fourth-order valence-electron chi connectivity index (χ4n) is 4.50. The number of amides is 1. The first kappa shape index (κ1) is 30.5. The third kappa shape index (κ3) is 7.65. The molecule has 4 rings (SSSR count). The Morgan fingerprint density at radius 2 is 1.79 bits per heavy atom. The molecule has 9 nitrogen and oxygen atoms in total. The molecule has 1 aromatic heterocycles. The standard InChI is InChI=1S/C32H35FN2O7/c1-32(2,3)42-31(38)35-16-22-6-5-7-25(29(22)33)26-11-20(10-23-13-24(18-39-4)41-30(23)26)17-40-27-12-19(15-34)8-9-21(27)14-28(36)37/h5-13H,14-18,34H2,1-4H3,(H,35,38)(H,36,37). The van der Waals surface area contributed by atoms with Crippen molar-refractivity contribution >= 4 is 23.0 Å². The number of methoxy groups -OCH3 is 1. The van der Waals surface area contributed by atoms with Crippen molar-refractivity contribution < 1.29 is 37.7 Å². The lowest BCUT2D eigenvalue weighted by molar-refractivity contribution is -0.136. The summed E-state index contributed by atoms with van der Waals surface area (Å²) in [6.45, 7) is 5.76. The van der Waals surface area contributed by atoms with E-state index in [0.29, 0.717) is 33.8 Å². The van der Waals surface area contributed by atoms with E-state index in [2.05, 4.69) is 5.32 Å². The molecule has 0 spiro atoms. The zero-order chi connectivity index (χ0) is 30.4. The summed E-state index contributed by atoms with van der Waals surface area (Å²) in [6, 6.07) is 15.6. The van der Waals surface area contributed by atoms with Crippen molar-refractivity contribution in [2.24, 2.45) is 5.73 Å². The largest absolute Gasteiger partial charge is 0.489 e. The highest BCUT2D eigenvalue weighted by Crippen LogP contribution is 2.36. The summed E-state index contributed by atoms with van der Waals surface area (Å²) in [5.41, 5.74) is 8.64. The first-order valence-corrected chi connectivity index (χ1v) is 13.4. The molecule has 0 radical (unpaired) electrons. The molecule has 10 heteroatoms. The second-order valence-electron chi connectivity index (χ2n) is 10.8. The molecule has 0 atom stereocenters. The molecule has 3 aromatic carbocycles. The van der Waals surface area contributed by atoms with Gasteiger partial charge in [-0.1, -0.05) is 30.3 Å². The monoisotopic (exact) mass is 578 g/mol. The molecular weight excluding hydrogens is 543 g/mol. The summed E-state index contributed by atoms with van der Waals surface area (Å²) in [5.74, 6) is -0.522. The maximum atomic E-state index is 15.9. The number of rotatable bonds is 11. The van der Waals surface area contributed by atoms with E-state index in [9.17, 15) is 14.7 Å². The number of nitrogens with one attached hydrogen (secondary N) is 1. The third-order valence-electron chi connectivity index (χ3n) is 6.31. The van der Waals surface area contributed by atoms with Gasteiger partial charge in [-0.25, -0.2) is 9.18 Å². The van der Waals surface area contributed by atoms with Gasteiger partial charge in [0.05, 0.1) is 6.42 Å². The number of carbonyl (C=O) groups is 2. The molecule has 4 N–H and O–H groups in total. The van der Waals surface area contributed by atoms with Crippen molar-refractivity contribution in [3.05, 3.63) is 88.4 Å². The predicted octanol–water partition coefficient (Wildman–Crippen LogP) is 6.07. The Morgan fingerprint density at radius 3 is 2.48 bits per heavy atom. The molecule has 0 aliphatic heterocycles. The van der Waals surface area contributed by atoms with Crippen molar-refractivity contribution in [1.29, 1.82) is 0 Å². The Labute approximate surface area is 243 Å². The van der Waals surface area contributed by atoms with Gasteiger partial charge in [-0.3, -0.25) is 4.79 Å². The molecule has 0 bridgehead atoms. The fourth-order valence-corrected chi connectivity index (χ4v) is 4.50. The molecule has 0 aliphatic rings. The highest BCUT2D eigenvalue weighted by atomic mass is 19.1. The maximum Gasteiger partial charge on any atom is 0.407 e. The Morgan fingerprint density at radius 1 is 1.00 bits per heavy atom. The van der Waals surface area contributed by atoms with Gasteiger partial charge in [-0.05, 0) is 56.2 Å². The molecule has 1 amide bonds. The van der Waals surface area contributed by atoms with Gasteiger partial charge in [0.1, 0.15) is 41.7 Å². The van der Waals surface area contributed by atoms with Gasteiger partial charge >= 0.3 is 12.1 Å². The van der Waals surface area contributed by atoms with Crippen LogP contribution in [0.15, 0.2) is 59.0 Å². The molecule has 0 unspecified atom stereocenters. The number of aliphatic carboxylic acids is 1. The molecular formula is C32H35FN2O7. The fraction of sp³-hybridized carbons (Fsp3) is 0.312. The zero-order valence-electron chi connectivity index (χ0n) is 24.1. The van der Waals surface area contributed by atoms with E-state index in [1.165, 1.54) is 0 Å². The van der Waals surface area contributed by atoms with Crippen LogP contribution in [0.1, 0.15) is 48.8 Å². The van der Waals surface area contributed by atoms with E-state index in [0.717, 1.165) is 10.9 Å². The number of halogens is 1. The number of hydrogen-bond donors (Lipinski definition) is 3. The van der Waals surface area contributed by atoms with Crippen LogP contribution < -0.4 is 15.8 Å². The number of furan rings is 1. The zero-order valence-corrected chi connectivity index (χ0v) is 24.1. The number of nitrogens with two attached hydrogens (primary N) is 1. The van der Waals surface area contributed by atoms with E-state index < -0.39 is 23.5 Å². The molecule has 222 valence electrons. The molecule has 42 heavy (non-hydrogen) atoms.